The fourth-order valence-electron chi connectivity index (χ4n) is 10.5. The molecular weight excluding hydrogens is 1030 g/mol. The number of oxazole rings is 2. The van der Waals surface area contributed by atoms with E-state index in [0.29, 0.717) is 55.6 Å². The highest BCUT2D eigenvalue weighted by molar-refractivity contribution is 6.03. The molecule has 0 saturated carbocycles. The third kappa shape index (κ3) is 12.3. The van der Waals surface area contributed by atoms with Gasteiger partial charge in [-0.15, -0.1) is 0 Å². The molecule has 0 spiro atoms. The van der Waals surface area contributed by atoms with Crippen molar-refractivity contribution in [1.29, 1.82) is 0 Å². The first kappa shape index (κ1) is 59.0. The van der Waals surface area contributed by atoms with Crippen molar-refractivity contribution in [3.05, 3.63) is 96.4 Å². The van der Waals surface area contributed by atoms with Crippen LogP contribution in [0.15, 0.2) is 82.0 Å². The Kier molecular flexibility index (Phi) is 17.7. The smallest absolute Gasteiger partial charge is 0.360 e. The standard InChI is InChI=1S/C62H76N10O9/c1-36(37(2)63)38(3)65-52(61(5,6)7)57(74)71-32-22-28-46(71)55-66-48(59(76)78-12)50(80-55)42-34-69(44-26-18-16-24-40(42)44)30-20-14-15-21-31-70-35-43(41-25-17-19-27-45(41)70)51-49(60(77)79-13)67-56(81-51)47-29-23-33-72(47)58(75)53(62(8,9)10)68-54(73)39(4)64-11/h16-19,24-27,34-37,39,46-47,52-53,64-65H,3,22-23,28-33,63H2,1-2,4-13H3,(H,68,73)/t36-,37?,39+,46+,47+,52-,53-/m1/s1. The molecule has 0 aliphatic carbocycles. The van der Waals surface area contributed by atoms with Crippen LogP contribution < -0.4 is 21.7 Å². The summed E-state index contributed by atoms with van der Waals surface area (Å²) in [4.78, 5) is 81.7. The molecule has 0 radical (unpaired) electrons. The maximum atomic E-state index is 14.5. The van der Waals surface area contributed by atoms with Crippen LogP contribution in [-0.4, -0.2) is 117 Å². The van der Waals surface area contributed by atoms with Crippen LogP contribution >= 0.6 is 0 Å². The van der Waals surface area contributed by atoms with Crippen molar-refractivity contribution in [2.45, 2.75) is 137 Å². The fourth-order valence-corrected chi connectivity index (χ4v) is 10.5. The van der Waals surface area contributed by atoms with Gasteiger partial charge in [-0.25, -0.2) is 19.6 Å². The summed E-state index contributed by atoms with van der Waals surface area (Å²) in [5, 5.41) is 10.9. The van der Waals surface area contributed by atoms with E-state index in [4.69, 9.17) is 34.0 Å². The quantitative estimate of drug-likeness (QED) is 0.0499. The molecule has 1 unspecified atom stereocenters. The van der Waals surface area contributed by atoms with Crippen molar-refractivity contribution < 1.29 is 42.3 Å². The average Bonchev–Trinajstić information content (AvgIpc) is 4.46. The van der Waals surface area contributed by atoms with Crippen LogP contribution in [0.2, 0.25) is 0 Å². The molecule has 2 aliphatic rings. The molecule has 19 nitrogen and oxygen atoms in total. The second kappa shape index (κ2) is 24.3. The van der Waals surface area contributed by atoms with E-state index in [0.717, 1.165) is 21.8 Å². The molecule has 5 N–H and O–H groups in total. The third-order valence-corrected chi connectivity index (χ3v) is 15.5. The van der Waals surface area contributed by atoms with E-state index in [9.17, 15) is 24.0 Å². The topological polar surface area (TPSA) is 234 Å². The number of nitrogens with one attached hydrogen (secondary N) is 3. The van der Waals surface area contributed by atoms with Gasteiger partial charge in [0.05, 0.1) is 33.4 Å². The number of benzene rings is 2. The summed E-state index contributed by atoms with van der Waals surface area (Å²) in [6.07, 6.45) is 6.23. The van der Waals surface area contributed by atoms with E-state index in [1.807, 2.05) is 125 Å². The Bertz CT molecular complexity index is 3490. The van der Waals surface area contributed by atoms with E-state index < -0.39 is 53.0 Å². The summed E-state index contributed by atoms with van der Waals surface area (Å²) in [7, 11) is 4.26. The molecule has 0 bridgehead atoms. The molecule has 3 amide bonds. The van der Waals surface area contributed by atoms with Gasteiger partial charge in [0, 0.05) is 76.1 Å². The summed E-state index contributed by atoms with van der Waals surface area (Å²) in [5.74, 6) is 11.1. The van der Waals surface area contributed by atoms with E-state index in [2.05, 4.69) is 46.2 Å². The van der Waals surface area contributed by atoms with E-state index in [-0.39, 0.29) is 77.5 Å². The van der Waals surface area contributed by atoms with Crippen molar-refractivity contribution in [1.82, 2.24) is 44.9 Å². The number of hydrogen-bond acceptors (Lipinski definition) is 14. The number of esters is 2. The number of carbonyl (C=O) groups is 5. The van der Waals surface area contributed by atoms with Gasteiger partial charge in [0.1, 0.15) is 24.2 Å². The number of methoxy groups -OCH3 is 2. The van der Waals surface area contributed by atoms with Crippen molar-refractivity contribution in [2.75, 3.05) is 34.4 Å². The number of nitrogens with two attached hydrogens (primary N) is 1. The SMILES string of the molecule is C=C(N[C@H](C(=O)N1CCC[C@H]1c1nc(C(=O)OC)c(-c2cn(CC#CC#CCn3cc(-c4oc([C@@H]5CCCN5C(=O)[C@@H](NC(=O)[C@H](C)NC)C(C)(C)C)nc4C(=O)OC)c4ccccc43)c3ccccc23)o1)C(C)(C)C)[C@H](C)C(C)N. The number of hydrogen-bond donors (Lipinski definition) is 4. The molecule has 81 heavy (non-hydrogen) atoms. The van der Waals surface area contributed by atoms with Gasteiger partial charge < -0.3 is 58.9 Å². The van der Waals surface area contributed by atoms with Crippen molar-refractivity contribution >= 4 is 51.5 Å². The number of fused-ring (bicyclic) bond motifs is 2. The Morgan fingerprint density at radius 1 is 0.704 bits per heavy atom. The van der Waals surface area contributed by atoms with Gasteiger partial charge in [-0.3, -0.25) is 14.4 Å². The van der Waals surface area contributed by atoms with E-state index >= 15 is 0 Å². The fraction of sp³-hybridized carbons (Fsp3) is 0.468. The summed E-state index contributed by atoms with van der Waals surface area (Å²) < 4.78 is 27.5. The summed E-state index contributed by atoms with van der Waals surface area (Å²) in [6, 6.07) is 12.1. The highest BCUT2D eigenvalue weighted by atomic mass is 16.5. The molecule has 2 aliphatic heterocycles. The van der Waals surface area contributed by atoms with Crippen LogP contribution in [0.3, 0.4) is 0 Å². The summed E-state index contributed by atoms with van der Waals surface area (Å²) in [6.45, 7) is 23.0. The number of likely N-dealkylation sites (tertiary alicyclic amines) is 2. The number of para-hydroxylation sites is 2. The first-order valence-electron chi connectivity index (χ1n) is 27.6. The molecule has 6 heterocycles. The Morgan fingerprint density at radius 3 is 1.52 bits per heavy atom. The van der Waals surface area contributed by atoms with Crippen LogP contribution in [-0.2, 0) is 36.9 Å². The number of ether oxygens (including phenoxy) is 2. The molecule has 2 saturated heterocycles. The van der Waals surface area contributed by atoms with Gasteiger partial charge in [0.25, 0.3) is 0 Å². The van der Waals surface area contributed by atoms with Crippen LogP contribution in [0.25, 0.3) is 44.5 Å². The normalized spacial score (nSPS) is 17.3. The molecule has 2 aromatic carbocycles. The highest BCUT2D eigenvalue weighted by Gasteiger charge is 2.44. The van der Waals surface area contributed by atoms with Crippen LogP contribution in [0, 0.1) is 40.4 Å². The number of amides is 3. The van der Waals surface area contributed by atoms with E-state index in [1.165, 1.54) is 14.2 Å². The van der Waals surface area contributed by atoms with E-state index in [1.54, 1.807) is 23.8 Å². The van der Waals surface area contributed by atoms with Gasteiger partial charge in [-0.05, 0) is 81.4 Å². The molecule has 7 atom stereocenters. The lowest BCUT2D eigenvalue weighted by molar-refractivity contribution is -0.141. The highest BCUT2D eigenvalue weighted by Crippen LogP contribution is 2.42. The zero-order chi connectivity index (χ0) is 58.7. The Hall–Kier alpha value is -8.13. The Balaban J connectivity index is 1.04. The minimum Gasteiger partial charge on any atom is -0.464 e. The van der Waals surface area contributed by atoms with Crippen molar-refractivity contribution in [3.8, 4) is 46.3 Å². The number of carbonyl (C=O) groups excluding carboxylic acids is 5. The van der Waals surface area contributed by atoms with Gasteiger partial charge >= 0.3 is 11.9 Å². The average molecular weight is 1110 g/mol. The Labute approximate surface area is 473 Å². The summed E-state index contributed by atoms with van der Waals surface area (Å²) >= 11 is 0. The number of aromatic nitrogens is 4. The predicted octanol–water partition coefficient (Wildman–Crippen LogP) is 8.15. The van der Waals surface area contributed by atoms with Crippen LogP contribution in [0.5, 0.6) is 0 Å². The maximum absolute atomic E-state index is 14.5. The monoisotopic (exact) mass is 1100 g/mol. The molecule has 4 aromatic heterocycles. The van der Waals surface area contributed by atoms with Gasteiger partial charge in [0.2, 0.25) is 29.5 Å². The third-order valence-electron chi connectivity index (χ3n) is 15.5. The number of rotatable bonds is 17. The van der Waals surface area contributed by atoms with Crippen molar-refractivity contribution in [3.63, 3.8) is 0 Å². The minimum absolute atomic E-state index is 0.00225. The van der Waals surface area contributed by atoms with Gasteiger partial charge in [-0.2, -0.15) is 0 Å². The zero-order valence-electron chi connectivity index (χ0n) is 48.6. The molecular formula is C62H76N10O9. The van der Waals surface area contributed by atoms with Crippen LogP contribution in [0.1, 0.15) is 133 Å². The summed E-state index contributed by atoms with van der Waals surface area (Å²) in [5.41, 5.74) is 8.62. The second-order valence-electron chi connectivity index (χ2n) is 23.2. The second-order valence-corrected chi connectivity index (χ2v) is 23.2. The molecule has 6 aromatic rings. The van der Waals surface area contributed by atoms with Gasteiger partial charge in [0.15, 0.2) is 22.9 Å². The zero-order valence-corrected chi connectivity index (χ0v) is 48.6. The Morgan fingerprint density at radius 2 is 1.12 bits per heavy atom. The molecule has 8 rings (SSSR count). The lowest BCUT2D eigenvalue weighted by Gasteiger charge is -2.37. The molecule has 428 valence electrons. The lowest BCUT2D eigenvalue weighted by atomic mass is 9.84. The minimum atomic E-state index is -0.836. The first-order valence-corrected chi connectivity index (χ1v) is 27.6. The maximum Gasteiger partial charge on any atom is 0.360 e. The lowest BCUT2D eigenvalue weighted by Crippen LogP contribution is -2.57. The van der Waals surface area contributed by atoms with Gasteiger partial charge in [-0.1, -0.05) is 103 Å². The number of likely N-dealkylation sites (N-methyl/N-ethyl adjacent to an activating group) is 1. The van der Waals surface area contributed by atoms with Crippen LogP contribution in [0.4, 0.5) is 0 Å². The predicted molar refractivity (Wildman–Crippen MR) is 309 cm³/mol. The molecule has 19 heteroatoms. The number of nitrogens with zero attached hydrogens (tertiary/aromatic N) is 6. The van der Waals surface area contributed by atoms with Crippen molar-refractivity contribution in [2.24, 2.45) is 22.5 Å². The first-order chi connectivity index (χ1) is 38.5. The largest absolute Gasteiger partial charge is 0.464 e. The molecule has 2 fully saturated rings.